The summed E-state index contributed by atoms with van der Waals surface area (Å²) in [6, 6.07) is 4.61. The van der Waals surface area contributed by atoms with Crippen molar-refractivity contribution in [3.05, 3.63) is 35.1 Å². The lowest BCUT2D eigenvalue weighted by Gasteiger charge is -2.37. The highest BCUT2D eigenvalue weighted by Crippen LogP contribution is 2.39. The maximum Gasteiger partial charge on any atom is 0.197 e. The summed E-state index contributed by atoms with van der Waals surface area (Å²) in [6.07, 6.45) is -1.97. The van der Waals surface area contributed by atoms with Gasteiger partial charge < -0.3 is 25.0 Å². The van der Waals surface area contributed by atoms with Crippen molar-refractivity contribution in [2.45, 2.75) is 58.0 Å². The predicted molar refractivity (Wildman–Crippen MR) is 122 cm³/mol. The number of piperazine rings is 1. The highest BCUT2D eigenvalue weighted by Gasteiger charge is 2.34. The van der Waals surface area contributed by atoms with Crippen molar-refractivity contribution in [2.75, 3.05) is 37.6 Å². The number of halogens is 2. The number of anilines is 1. The van der Waals surface area contributed by atoms with E-state index in [2.05, 4.69) is 9.80 Å². The van der Waals surface area contributed by atoms with E-state index in [1.807, 2.05) is 13.8 Å². The van der Waals surface area contributed by atoms with Crippen LogP contribution in [-0.2, 0) is 19.4 Å². The second-order valence-corrected chi connectivity index (χ2v) is 9.21. The van der Waals surface area contributed by atoms with Crippen LogP contribution in [0.1, 0.15) is 31.4 Å². The van der Waals surface area contributed by atoms with E-state index in [1.165, 1.54) is 16.7 Å². The normalized spacial score (nSPS) is 21.5. The molecule has 0 saturated carbocycles. The predicted octanol–water partition coefficient (Wildman–Crippen LogP) is 2.84. The van der Waals surface area contributed by atoms with Gasteiger partial charge in [-0.2, -0.15) is 0 Å². The van der Waals surface area contributed by atoms with Gasteiger partial charge in [-0.25, -0.2) is 8.78 Å². The molecule has 4 rings (SSSR count). The van der Waals surface area contributed by atoms with E-state index in [0.717, 1.165) is 38.4 Å². The van der Waals surface area contributed by atoms with Crippen LogP contribution in [0.5, 0.6) is 17.5 Å². The molecule has 0 bridgehead atoms. The van der Waals surface area contributed by atoms with E-state index in [0.29, 0.717) is 29.8 Å². The molecule has 2 unspecified atom stereocenters. The fourth-order valence-corrected chi connectivity index (χ4v) is 4.76. The molecule has 7 nitrogen and oxygen atoms in total. The zero-order chi connectivity index (χ0) is 23.7. The smallest absolute Gasteiger partial charge is 0.197 e. The molecule has 2 heterocycles. The van der Waals surface area contributed by atoms with Gasteiger partial charge in [0.1, 0.15) is 17.7 Å². The molecule has 1 aromatic carbocycles. The summed E-state index contributed by atoms with van der Waals surface area (Å²) in [6.45, 7) is 8.13. The van der Waals surface area contributed by atoms with Crippen molar-refractivity contribution in [1.29, 1.82) is 0 Å². The molecule has 1 aliphatic heterocycles. The number of nitrogens with zero attached hydrogens (tertiary/aromatic N) is 3. The molecule has 0 radical (unpaired) electrons. The molecule has 2 atom stereocenters. The lowest BCUT2D eigenvalue weighted by molar-refractivity contribution is 0.0700. The second kappa shape index (κ2) is 9.77. The van der Waals surface area contributed by atoms with Gasteiger partial charge in [0.05, 0.1) is 17.9 Å². The van der Waals surface area contributed by atoms with Gasteiger partial charge in [-0.05, 0) is 38.9 Å². The number of ether oxygens (including phenoxy) is 1. The maximum atomic E-state index is 13.9. The monoisotopic (exact) mass is 465 g/mol. The van der Waals surface area contributed by atoms with Gasteiger partial charge in [-0.3, -0.25) is 9.47 Å². The Morgan fingerprint density at radius 3 is 2.36 bits per heavy atom. The van der Waals surface area contributed by atoms with E-state index in [9.17, 15) is 24.1 Å². The van der Waals surface area contributed by atoms with Crippen molar-refractivity contribution >= 4 is 5.69 Å². The zero-order valence-corrected chi connectivity index (χ0v) is 19.2. The van der Waals surface area contributed by atoms with Crippen LogP contribution >= 0.6 is 0 Å². The molecular weight excluding hydrogens is 432 g/mol. The molecule has 1 aromatic heterocycles. The number of aromatic nitrogens is 1. The van der Waals surface area contributed by atoms with Crippen molar-refractivity contribution in [3.8, 4) is 17.5 Å². The number of alkyl halides is 1. The highest BCUT2D eigenvalue weighted by atomic mass is 19.1. The van der Waals surface area contributed by atoms with Crippen LogP contribution in [0.4, 0.5) is 14.5 Å². The molecule has 182 valence electrons. The van der Waals surface area contributed by atoms with Crippen molar-refractivity contribution in [2.24, 2.45) is 0 Å². The van der Waals surface area contributed by atoms with Crippen LogP contribution < -0.4 is 9.64 Å². The standard InChI is InChI=1S/C24H33F2N3O4/c1-15(2)33-22-5-4-16(25)12-20(22)28-10-8-27(9-11-28)6-3-7-29-23(31)17-13-19(26)21(30)14-18(17)24(29)32/h4-5,12,15,19,21,30-32H,3,6-11,13-14H2,1-2H3. The molecule has 0 spiro atoms. The van der Waals surface area contributed by atoms with Crippen molar-refractivity contribution < 1.29 is 28.8 Å². The fourth-order valence-electron chi connectivity index (χ4n) is 4.76. The van der Waals surface area contributed by atoms with E-state index < -0.39 is 12.3 Å². The van der Waals surface area contributed by atoms with Crippen LogP contribution in [-0.4, -0.2) is 75.9 Å². The Bertz CT molecular complexity index is 940. The van der Waals surface area contributed by atoms with Crippen LogP contribution in [0, 0.1) is 5.82 Å². The van der Waals surface area contributed by atoms with E-state index in [1.54, 1.807) is 6.07 Å². The number of aromatic hydroxyl groups is 2. The molecule has 33 heavy (non-hydrogen) atoms. The Balaban J connectivity index is 1.32. The van der Waals surface area contributed by atoms with Crippen LogP contribution in [0.3, 0.4) is 0 Å². The molecule has 2 aromatic rings. The molecule has 1 aliphatic carbocycles. The number of rotatable bonds is 7. The molecule has 3 N–H and O–H groups in total. The Morgan fingerprint density at radius 2 is 1.70 bits per heavy atom. The van der Waals surface area contributed by atoms with Gasteiger partial charge in [-0.1, -0.05) is 0 Å². The van der Waals surface area contributed by atoms with Crippen molar-refractivity contribution in [1.82, 2.24) is 9.47 Å². The Hall–Kier alpha value is -2.52. The Kier molecular flexibility index (Phi) is 6.99. The number of aliphatic hydroxyl groups is 1. The van der Waals surface area contributed by atoms with E-state index in [-0.39, 0.29) is 36.5 Å². The summed E-state index contributed by atoms with van der Waals surface area (Å²) >= 11 is 0. The minimum atomic E-state index is -1.43. The number of hydrogen-bond acceptors (Lipinski definition) is 6. The Labute approximate surface area is 192 Å². The third-order valence-corrected chi connectivity index (χ3v) is 6.50. The lowest BCUT2D eigenvalue weighted by atomic mass is 9.91. The minimum absolute atomic E-state index is 0.00161. The average molecular weight is 466 g/mol. The number of hydrogen-bond donors (Lipinski definition) is 3. The largest absolute Gasteiger partial charge is 0.494 e. The van der Waals surface area contributed by atoms with Gasteiger partial charge >= 0.3 is 0 Å². The quantitative estimate of drug-likeness (QED) is 0.584. The molecule has 9 heteroatoms. The SMILES string of the molecule is CC(C)Oc1ccc(F)cc1N1CCN(CCCn2c(O)c3c(c2O)CC(F)C(O)C3)CC1. The first-order valence-corrected chi connectivity index (χ1v) is 11.6. The minimum Gasteiger partial charge on any atom is -0.494 e. The summed E-state index contributed by atoms with van der Waals surface area (Å²) in [5.74, 6) is 0.208. The van der Waals surface area contributed by atoms with Gasteiger partial charge in [0.2, 0.25) is 0 Å². The third-order valence-electron chi connectivity index (χ3n) is 6.50. The average Bonchev–Trinajstić information content (AvgIpc) is 3.00. The topological polar surface area (TPSA) is 81.3 Å². The van der Waals surface area contributed by atoms with Crippen LogP contribution in [0.2, 0.25) is 0 Å². The third kappa shape index (κ3) is 5.04. The van der Waals surface area contributed by atoms with E-state index in [4.69, 9.17) is 4.74 Å². The first kappa shape index (κ1) is 23.6. The second-order valence-electron chi connectivity index (χ2n) is 9.21. The number of benzene rings is 1. The summed E-state index contributed by atoms with van der Waals surface area (Å²) in [4.78, 5) is 4.42. The fraction of sp³-hybridized carbons (Fsp3) is 0.583. The molecule has 2 aliphatic rings. The number of fused-ring (bicyclic) bond motifs is 1. The van der Waals surface area contributed by atoms with Crippen molar-refractivity contribution in [3.63, 3.8) is 0 Å². The summed E-state index contributed by atoms with van der Waals surface area (Å²) < 4.78 is 35.0. The molecular formula is C24H33F2N3O4. The zero-order valence-electron chi connectivity index (χ0n) is 19.2. The molecule has 1 saturated heterocycles. The lowest BCUT2D eigenvalue weighted by Crippen LogP contribution is -2.47. The number of aliphatic hydroxyl groups excluding tert-OH is 1. The highest BCUT2D eigenvalue weighted by molar-refractivity contribution is 5.59. The summed E-state index contributed by atoms with van der Waals surface area (Å²) in [7, 11) is 0. The molecule has 1 fully saturated rings. The first-order valence-electron chi connectivity index (χ1n) is 11.6. The van der Waals surface area contributed by atoms with Gasteiger partial charge in [-0.15, -0.1) is 0 Å². The van der Waals surface area contributed by atoms with Gasteiger partial charge in [0.15, 0.2) is 11.8 Å². The molecule has 0 amide bonds. The van der Waals surface area contributed by atoms with Crippen LogP contribution in [0.25, 0.3) is 0 Å². The maximum absolute atomic E-state index is 13.9. The summed E-state index contributed by atoms with van der Waals surface area (Å²) in [5, 5.41) is 30.7. The van der Waals surface area contributed by atoms with Gasteiger partial charge in [0, 0.05) is 62.8 Å². The van der Waals surface area contributed by atoms with E-state index >= 15 is 0 Å². The van der Waals surface area contributed by atoms with Gasteiger partial charge in [0.25, 0.3) is 0 Å². The Morgan fingerprint density at radius 1 is 1.03 bits per heavy atom. The first-order chi connectivity index (χ1) is 15.7. The van der Waals surface area contributed by atoms with Crippen LogP contribution in [0.15, 0.2) is 18.2 Å². The summed E-state index contributed by atoms with van der Waals surface area (Å²) in [5.41, 5.74) is 1.61.